The molecule has 3 fully saturated rings. The molecule has 2 bridgehead atoms. The molecule has 3 aliphatic heterocycles. The van der Waals surface area contributed by atoms with E-state index < -0.39 is 0 Å². The molecule has 0 saturated carbocycles. The van der Waals surface area contributed by atoms with Crippen LogP contribution >= 0.6 is 23.2 Å². The van der Waals surface area contributed by atoms with Crippen molar-refractivity contribution in [1.82, 2.24) is 14.7 Å². The van der Waals surface area contributed by atoms with E-state index in [1.54, 1.807) is 28.9 Å². The average molecular weight is 432 g/mol. The standard InChI is InChI=1S/C22H20Cl2FN3O/c23-18-10-16-17(11-19(18)24)22(29)28(21-12-27-7-5-14(21)6-8-27)26-20(16)9-13-1-3-15(25)4-2-13/h1-4,10-11,14,21H,5-9,12H2. The van der Waals surface area contributed by atoms with Crippen molar-refractivity contribution in [3.05, 3.63) is 73.9 Å². The highest BCUT2D eigenvalue weighted by molar-refractivity contribution is 6.42. The summed E-state index contributed by atoms with van der Waals surface area (Å²) in [4.78, 5) is 15.7. The van der Waals surface area contributed by atoms with Crippen molar-refractivity contribution in [2.45, 2.75) is 25.3 Å². The Labute approximate surface area is 177 Å². The summed E-state index contributed by atoms with van der Waals surface area (Å²) in [5, 5.41) is 6.79. The maximum Gasteiger partial charge on any atom is 0.275 e. The zero-order chi connectivity index (χ0) is 20.1. The summed E-state index contributed by atoms with van der Waals surface area (Å²) >= 11 is 12.5. The van der Waals surface area contributed by atoms with E-state index in [1.807, 2.05) is 0 Å². The molecule has 4 heterocycles. The molecule has 6 rings (SSSR count). The maximum absolute atomic E-state index is 13.3. The average Bonchev–Trinajstić information content (AvgIpc) is 2.74. The predicted octanol–water partition coefficient (Wildman–Crippen LogP) is 4.70. The van der Waals surface area contributed by atoms with Crippen LogP contribution in [0.1, 0.15) is 30.1 Å². The second kappa shape index (κ2) is 7.38. The number of piperidine rings is 3. The highest BCUT2D eigenvalue weighted by atomic mass is 35.5. The smallest absolute Gasteiger partial charge is 0.275 e. The van der Waals surface area contributed by atoms with Gasteiger partial charge in [0.1, 0.15) is 5.82 Å². The molecule has 1 unspecified atom stereocenters. The van der Waals surface area contributed by atoms with Gasteiger partial charge in [-0.2, -0.15) is 5.10 Å². The van der Waals surface area contributed by atoms with E-state index in [4.69, 9.17) is 28.3 Å². The van der Waals surface area contributed by atoms with Crippen molar-refractivity contribution in [2.24, 2.45) is 5.92 Å². The summed E-state index contributed by atoms with van der Waals surface area (Å²) in [6.07, 6.45) is 2.66. The minimum Gasteiger partial charge on any atom is -0.301 e. The van der Waals surface area contributed by atoms with Crippen LogP contribution in [-0.4, -0.2) is 34.3 Å². The Balaban J connectivity index is 1.67. The van der Waals surface area contributed by atoms with Gasteiger partial charge in [0, 0.05) is 18.4 Å². The van der Waals surface area contributed by atoms with Gasteiger partial charge >= 0.3 is 0 Å². The molecule has 2 aromatic carbocycles. The first-order valence-electron chi connectivity index (χ1n) is 9.87. The molecule has 1 atom stereocenters. The van der Waals surface area contributed by atoms with Crippen LogP contribution in [0, 0.1) is 11.7 Å². The van der Waals surface area contributed by atoms with Crippen LogP contribution < -0.4 is 5.56 Å². The number of benzene rings is 2. The minimum atomic E-state index is -0.279. The highest BCUT2D eigenvalue weighted by Gasteiger charge is 2.36. The van der Waals surface area contributed by atoms with E-state index in [-0.39, 0.29) is 17.4 Å². The fourth-order valence-electron chi connectivity index (χ4n) is 4.68. The first kappa shape index (κ1) is 19.0. The van der Waals surface area contributed by atoms with E-state index >= 15 is 0 Å². The lowest BCUT2D eigenvalue weighted by Crippen LogP contribution is -2.50. The van der Waals surface area contributed by atoms with E-state index in [0.717, 1.165) is 43.7 Å². The Morgan fingerprint density at radius 3 is 2.31 bits per heavy atom. The maximum atomic E-state index is 13.3. The van der Waals surface area contributed by atoms with Crippen molar-refractivity contribution < 1.29 is 4.39 Å². The summed E-state index contributed by atoms with van der Waals surface area (Å²) in [6.45, 7) is 3.03. The van der Waals surface area contributed by atoms with Gasteiger partial charge in [0.15, 0.2) is 0 Å². The van der Waals surface area contributed by atoms with Gasteiger partial charge in [-0.15, -0.1) is 0 Å². The summed E-state index contributed by atoms with van der Waals surface area (Å²) < 4.78 is 15.0. The molecular formula is C22H20Cl2FN3O. The molecule has 7 heteroatoms. The minimum absolute atomic E-state index is 0.0656. The summed E-state index contributed by atoms with van der Waals surface area (Å²) in [6, 6.07) is 9.78. The van der Waals surface area contributed by atoms with Gasteiger partial charge in [0.25, 0.3) is 5.56 Å². The van der Waals surface area contributed by atoms with Crippen LogP contribution in [0.15, 0.2) is 41.2 Å². The van der Waals surface area contributed by atoms with Crippen LogP contribution in [0.25, 0.3) is 10.8 Å². The van der Waals surface area contributed by atoms with E-state index in [0.29, 0.717) is 33.2 Å². The third-order valence-corrected chi connectivity index (χ3v) is 6.98. The first-order valence-corrected chi connectivity index (χ1v) is 10.6. The first-order chi connectivity index (χ1) is 14.0. The second-order valence-electron chi connectivity index (χ2n) is 8.02. The predicted molar refractivity (Wildman–Crippen MR) is 113 cm³/mol. The third kappa shape index (κ3) is 3.45. The summed E-state index contributed by atoms with van der Waals surface area (Å²) in [7, 11) is 0. The lowest BCUT2D eigenvalue weighted by atomic mass is 9.84. The van der Waals surface area contributed by atoms with Gasteiger partial charge < -0.3 is 4.90 Å². The van der Waals surface area contributed by atoms with Gasteiger partial charge in [-0.3, -0.25) is 4.79 Å². The highest BCUT2D eigenvalue weighted by Crippen LogP contribution is 2.35. The quantitative estimate of drug-likeness (QED) is 0.602. The lowest BCUT2D eigenvalue weighted by molar-refractivity contribution is 0.0489. The van der Waals surface area contributed by atoms with E-state index in [1.165, 1.54) is 12.1 Å². The van der Waals surface area contributed by atoms with Crippen LogP contribution in [0.3, 0.4) is 0 Å². The molecule has 0 aliphatic carbocycles. The molecule has 1 aromatic heterocycles. The summed E-state index contributed by atoms with van der Waals surface area (Å²) in [5.74, 6) is 0.183. The van der Waals surface area contributed by atoms with Crippen molar-refractivity contribution >= 4 is 34.0 Å². The molecule has 4 nitrogen and oxygen atoms in total. The second-order valence-corrected chi connectivity index (χ2v) is 8.83. The van der Waals surface area contributed by atoms with Gasteiger partial charge in [-0.25, -0.2) is 9.07 Å². The molecule has 150 valence electrons. The Hall–Kier alpha value is -1.95. The Morgan fingerprint density at radius 1 is 1.03 bits per heavy atom. The zero-order valence-corrected chi connectivity index (χ0v) is 17.3. The van der Waals surface area contributed by atoms with E-state index in [9.17, 15) is 9.18 Å². The molecule has 0 N–H and O–H groups in total. The summed E-state index contributed by atoms with van der Waals surface area (Å²) in [5.41, 5.74) is 1.55. The topological polar surface area (TPSA) is 38.1 Å². The van der Waals surface area contributed by atoms with Crippen molar-refractivity contribution in [3.63, 3.8) is 0 Å². The number of aromatic nitrogens is 2. The normalized spacial score (nSPS) is 23.6. The van der Waals surface area contributed by atoms with Crippen molar-refractivity contribution in [1.29, 1.82) is 0 Å². The largest absolute Gasteiger partial charge is 0.301 e. The van der Waals surface area contributed by atoms with Gasteiger partial charge in [-0.05, 0) is 61.7 Å². The van der Waals surface area contributed by atoms with Gasteiger partial charge in [-0.1, -0.05) is 35.3 Å². The molecule has 0 amide bonds. The fourth-order valence-corrected chi connectivity index (χ4v) is 5.00. The van der Waals surface area contributed by atoms with Crippen LogP contribution in [-0.2, 0) is 6.42 Å². The Morgan fingerprint density at radius 2 is 1.69 bits per heavy atom. The van der Waals surface area contributed by atoms with Crippen molar-refractivity contribution in [3.8, 4) is 0 Å². The van der Waals surface area contributed by atoms with E-state index in [2.05, 4.69) is 4.90 Å². The third-order valence-electron chi connectivity index (χ3n) is 6.26. The molecule has 0 radical (unpaired) electrons. The number of hydrogen-bond donors (Lipinski definition) is 0. The number of hydrogen-bond acceptors (Lipinski definition) is 3. The van der Waals surface area contributed by atoms with Crippen LogP contribution in [0.4, 0.5) is 4.39 Å². The van der Waals surface area contributed by atoms with Gasteiger partial charge in [0.2, 0.25) is 0 Å². The zero-order valence-electron chi connectivity index (χ0n) is 15.7. The molecule has 3 aromatic rings. The van der Waals surface area contributed by atoms with Gasteiger partial charge in [0.05, 0.1) is 27.2 Å². The molecule has 29 heavy (non-hydrogen) atoms. The number of halogens is 3. The van der Waals surface area contributed by atoms with Crippen molar-refractivity contribution in [2.75, 3.05) is 19.6 Å². The molecular weight excluding hydrogens is 412 g/mol. The Kier molecular flexibility index (Phi) is 4.85. The fraction of sp³-hybridized carbons (Fsp3) is 0.364. The molecule has 3 aliphatic rings. The number of nitrogens with zero attached hydrogens (tertiary/aromatic N) is 3. The van der Waals surface area contributed by atoms with Crippen LogP contribution in [0.2, 0.25) is 10.0 Å². The molecule has 3 saturated heterocycles. The lowest BCUT2D eigenvalue weighted by Gasteiger charge is -2.44. The monoisotopic (exact) mass is 431 g/mol. The number of rotatable bonds is 3. The van der Waals surface area contributed by atoms with Crippen LogP contribution in [0.5, 0.6) is 0 Å². The molecule has 0 spiro atoms. The Bertz CT molecular complexity index is 1140. The SMILES string of the molecule is O=c1c2cc(Cl)c(Cl)cc2c(Cc2ccc(F)cc2)nn1C1CN2CCC1CC2. The number of fused-ring (bicyclic) bond motifs is 4.